The molecule has 0 aliphatic rings. The Morgan fingerprint density at radius 1 is 1.53 bits per heavy atom. The van der Waals surface area contributed by atoms with Crippen LogP contribution in [0.4, 0.5) is 5.69 Å². The Morgan fingerprint density at radius 3 is 2.76 bits per heavy atom. The van der Waals surface area contributed by atoms with Crippen LogP contribution in [0.1, 0.15) is 6.42 Å². The summed E-state index contributed by atoms with van der Waals surface area (Å²) in [4.78, 5) is 11.5. The second kappa shape index (κ2) is 5.63. The number of rotatable bonds is 5. The van der Waals surface area contributed by atoms with Gasteiger partial charge in [-0.05, 0) is 22.4 Å². The summed E-state index contributed by atoms with van der Waals surface area (Å²) in [6.07, 6.45) is 3.20. The molecule has 0 saturated heterocycles. The van der Waals surface area contributed by atoms with Gasteiger partial charge in [-0.15, -0.1) is 0 Å². The summed E-state index contributed by atoms with van der Waals surface area (Å²) in [5.41, 5.74) is 0.333. The first-order valence-corrected chi connectivity index (χ1v) is 7.80. The van der Waals surface area contributed by atoms with Gasteiger partial charge in [-0.1, -0.05) is 0 Å². The molecule has 1 aromatic heterocycles. The quantitative estimate of drug-likeness (QED) is 0.793. The summed E-state index contributed by atoms with van der Waals surface area (Å²) >= 11 is 3.17. The van der Waals surface area contributed by atoms with E-state index < -0.39 is 9.84 Å². The van der Waals surface area contributed by atoms with Crippen molar-refractivity contribution in [1.29, 1.82) is 0 Å². The largest absolute Gasteiger partial charge is 0.383 e. The monoisotopic (exact) mass is 323 g/mol. The predicted molar refractivity (Wildman–Crippen MR) is 70.0 cm³/mol. The number of sulfone groups is 1. The van der Waals surface area contributed by atoms with Crippen molar-refractivity contribution in [2.75, 3.05) is 23.9 Å². The van der Waals surface area contributed by atoms with Gasteiger partial charge >= 0.3 is 0 Å². The number of halogens is 1. The summed E-state index contributed by atoms with van der Waals surface area (Å²) in [5.74, 6) is 0.121. The molecule has 0 aliphatic carbocycles. The van der Waals surface area contributed by atoms with Crippen LogP contribution in [0, 0.1) is 0 Å². The third-order valence-electron chi connectivity index (χ3n) is 2.09. The zero-order valence-corrected chi connectivity index (χ0v) is 12.0. The molecule has 1 aromatic rings. The van der Waals surface area contributed by atoms with Gasteiger partial charge in [0.05, 0.1) is 17.6 Å². The highest BCUT2D eigenvalue weighted by atomic mass is 79.9. The maximum absolute atomic E-state index is 11.5. The number of hydrogen-bond donors (Lipinski definition) is 1. The Kier molecular flexibility index (Phi) is 4.70. The van der Waals surface area contributed by atoms with Crippen molar-refractivity contribution in [2.45, 2.75) is 6.42 Å². The average Bonchev–Trinajstić information content (AvgIpc) is 2.22. The molecule has 17 heavy (non-hydrogen) atoms. The summed E-state index contributed by atoms with van der Waals surface area (Å²) < 4.78 is 23.4. The fourth-order valence-corrected chi connectivity index (χ4v) is 2.36. The minimum absolute atomic E-state index is 0.121. The number of aromatic nitrogens is 2. The summed E-state index contributed by atoms with van der Waals surface area (Å²) in [5, 5.41) is 6.83. The Bertz CT molecular complexity index is 553. The van der Waals surface area contributed by atoms with Crippen LogP contribution in [0.3, 0.4) is 0 Å². The van der Waals surface area contributed by atoms with Gasteiger partial charge in [0, 0.05) is 19.8 Å². The van der Waals surface area contributed by atoms with E-state index in [0.29, 0.717) is 23.1 Å². The van der Waals surface area contributed by atoms with Crippen LogP contribution >= 0.6 is 15.9 Å². The number of aryl methyl sites for hydroxylation is 1. The fourth-order valence-electron chi connectivity index (χ4n) is 1.19. The molecular formula is C9H14BrN3O3S. The fraction of sp³-hybridized carbons (Fsp3) is 0.556. The van der Waals surface area contributed by atoms with E-state index in [2.05, 4.69) is 26.3 Å². The van der Waals surface area contributed by atoms with E-state index in [1.807, 2.05) is 0 Å². The molecule has 0 unspecified atom stereocenters. The van der Waals surface area contributed by atoms with Gasteiger partial charge in [0.1, 0.15) is 14.3 Å². The van der Waals surface area contributed by atoms with Crippen molar-refractivity contribution in [3.8, 4) is 0 Å². The van der Waals surface area contributed by atoms with Crippen LogP contribution in [-0.2, 0) is 16.9 Å². The van der Waals surface area contributed by atoms with Crippen molar-refractivity contribution in [1.82, 2.24) is 9.78 Å². The van der Waals surface area contributed by atoms with Crippen molar-refractivity contribution in [3.05, 3.63) is 21.0 Å². The van der Waals surface area contributed by atoms with Crippen LogP contribution in [-0.4, -0.2) is 36.8 Å². The zero-order chi connectivity index (χ0) is 13.1. The van der Waals surface area contributed by atoms with Gasteiger partial charge < -0.3 is 5.32 Å². The van der Waals surface area contributed by atoms with Crippen molar-refractivity contribution >= 4 is 31.5 Å². The topological polar surface area (TPSA) is 81.1 Å². The van der Waals surface area contributed by atoms with E-state index in [-0.39, 0.29) is 11.3 Å². The molecule has 0 fully saturated rings. The van der Waals surface area contributed by atoms with Gasteiger partial charge in [-0.25, -0.2) is 13.1 Å². The maximum atomic E-state index is 11.5. The molecule has 1 N–H and O–H groups in total. The molecule has 0 atom stereocenters. The number of hydrogen-bond acceptors (Lipinski definition) is 5. The molecule has 0 spiro atoms. The molecule has 0 amide bonds. The molecule has 0 radical (unpaired) electrons. The molecule has 8 heteroatoms. The standard InChI is InChI=1S/C9H14BrN3O3S/c1-13-9(14)8(10)7(6-12-13)11-4-3-5-17(2,15)16/h6,11H,3-5H2,1-2H3. The second-order valence-electron chi connectivity index (χ2n) is 3.71. The van der Waals surface area contributed by atoms with Gasteiger partial charge in [-0.2, -0.15) is 5.10 Å². The van der Waals surface area contributed by atoms with Gasteiger partial charge in [0.15, 0.2) is 0 Å². The van der Waals surface area contributed by atoms with E-state index in [1.165, 1.54) is 17.1 Å². The average molecular weight is 324 g/mol. The first-order chi connectivity index (χ1) is 7.81. The molecule has 0 aliphatic heterocycles. The predicted octanol–water partition coefficient (Wildman–Crippen LogP) is 0.389. The van der Waals surface area contributed by atoms with E-state index in [4.69, 9.17) is 0 Å². The van der Waals surface area contributed by atoms with Gasteiger partial charge in [-0.3, -0.25) is 4.79 Å². The van der Waals surface area contributed by atoms with E-state index in [1.54, 1.807) is 7.05 Å². The van der Waals surface area contributed by atoms with E-state index in [9.17, 15) is 13.2 Å². The Hall–Kier alpha value is -0.890. The highest BCUT2D eigenvalue weighted by molar-refractivity contribution is 9.10. The summed E-state index contributed by atoms with van der Waals surface area (Å²) in [6.45, 7) is 0.473. The lowest BCUT2D eigenvalue weighted by Crippen LogP contribution is -2.21. The Labute approximate surface area is 108 Å². The molecule has 0 bridgehead atoms. The Morgan fingerprint density at radius 2 is 2.18 bits per heavy atom. The second-order valence-corrected chi connectivity index (χ2v) is 6.76. The number of nitrogens with zero attached hydrogens (tertiary/aromatic N) is 2. The third-order valence-corrected chi connectivity index (χ3v) is 3.88. The molecule has 1 heterocycles. The SMILES string of the molecule is Cn1ncc(NCCCS(C)(=O)=O)c(Br)c1=O. The van der Waals surface area contributed by atoms with E-state index >= 15 is 0 Å². The molecule has 6 nitrogen and oxygen atoms in total. The first-order valence-electron chi connectivity index (χ1n) is 4.94. The maximum Gasteiger partial charge on any atom is 0.282 e. The van der Waals surface area contributed by atoms with Gasteiger partial charge in [0.25, 0.3) is 5.56 Å². The first kappa shape index (κ1) is 14.2. The van der Waals surface area contributed by atoms with E-state index in [0.717, 1.165) is 0 Å². The van der Waals surface area contributed by atoms with Crippen LogP contribution in [0.15, 0.2) is 15.5 Å². The Balaban J connectivity index is 2.59. The summed E-state index contributed by atoms with van der Waals surface area (Å²) in [7, 11) is -1.38. The minimum atomic E-state index is -2.94. The highest BCUT2D eigenvalue weighted by Gasteiger charge is 2.06. The highest BCUT2D eigenvalue weighted by Crippen LogP contribution is 2.15. The normalized spacial score (nSPS) is 11.5. The lowest BCUT2D eigenvalue weighted by molar-refractivity contribution is 0.600. The van der Waals surface area contributed by atoms with Crippen LogP contribution < -0.4 is 10.9 Å². The zero-order valence-electron chi connectivity index (χ0n) is 9.60. The van der Waals surface area contributed by atoms with Crippen molar-refractivity contribution in [3.63, 3.8) is 0 Å². The third kappa shape index (κ3) is 4.47. The van der Waals surface area contributed by atoms with Crippen LogP contribution in [0.25, 0.3) is 0 Å². The number of anilines is 1. The molecule has 96 valence electrons. The van der Waals surface area contributed by atoms with Gasteiger partial charge in [0.2, 0.25) is 0 Å². The molecule has 1 rings (SSSR count). The van der Waals surface area contributed by atoms with Crippen molar-refractivity contribution in [2.24, 2.45) is 7.05 Å². The van der Waals surface area contributed by atoms with Crippen LogP contribution in [0.2, 0.25) is 0 Å². The number of nitrogens with one attached hydrogen (secondary N) is 1. The molecule has 0 aromatic carbocycles. The smallest absolute Gasteiger partial charge is 0.282 e. The molecule has 0 saturated carbocycles. The van der Waals surface area contributed by atoms with Crippen molar-refractivity contribution < 1.29 is 8.42 Å². The molecular weight excluding hydrogens is 310 g/mol. The lowest BCUT2D eigenvalue weighted by atomic mass is 10.4. The van der Waals surface area contributed by atoms with Crippen LogP contribution in [0.5, 0.6) is 0 Å². The minimum Gasteiger partial charge on any atom is -0.383 e. The summed E-state index contributed by atoms with van der Waals surface area (Å²) in [6, 6.07) is 0. The lowest BCUT2D eigenvalue weighted by Gasteiger charge is -2.07.